The Hall–Kier alpha value is -4.29. The summed E-state index contributed by atoms with van der Waals surface area (Å²) in [5.41, 5.74) is 1.73. The van der Waals surface area contributed by atoms with Gasteiger partial charge in [0.05, 0.1) is 35.6 Å². The summed E-state index contributed by atoms with van der Waals surface area (Å²) in [5, 5.41) is 19.6. The Balaban J connectivity index is 1.94. The molecule has 3 rings (SSSR count). The highest BCUT2D eigenvalue weighted by Gasteiger charge is 2.22. The first kappa shape index (κ1) is 28.3. The molecule has 1 amide bonds. The van der Waals surface area contributed by atoms with Crippen LogP contribution in [0.25, 0.3) is 0 Å². The summed E-state index contributed by atoms with van der Waals surface area (Å²) in [6.45, 7) is 8.40. The summed E-state index contributed by atoms with van der Waals surface area (Å²) in [6, 6.07) is 7.12. The Morgan fingerprint density at radius 1 is 1.08 bits per heavy atom. The molecule has 12 heteroatoms. The smallest absolute Gasteiger partial charge is 0.247 e. The van der Waals surface area contributed by atoms with E-state index in [-0.39, 0.29) is 17.8 Å². The van der Waals surface area contributed by atoms with Gasteiger partial charge in [0.15, 0.2) is 0 Å². The van der Waals surface area contributed by atoms with Gasteiger partial charge >= 0.3 is 0 Å². The molecule has 0 aliphatic carbocycles. The minimum Gasteiger partial charge on any atom is -0.494 e. The molecule has 0 unspecified atom stereocenters. The lowest BCUT2D eigenvalue weighted by molar-refractivity contribution is -0.111. The number of hydrogen-bond acceptors (Lipinski definition) is 11. The summed E-state index contributed by atoms with van der Waals surface area (Å²) in [7, 11) is 7.51. The van der Waals surface area contributed by atoms with Gasteiger partial charge in [0.1, 0.15) is 17.7 Å². The molecule has 0 bridgehead atoms. The lowest BCUT2D eigenvalue weighted by Gasteiger charge is -2.26. The summed E-state index contributed by atoms with van der Waals surface area (Å²) < 4.78 is 5.64. The Bertz CT molecular complexity index is 1280. The minimum atomic E-state index is -1.17. The monoisotopic (exact) mass is 521 g/mol. The number of aromatic nitrogens is 4. The number of rotatable bonds is 12. The maximum absolute atomic E-state index is 12.2. The molecule has 0 radical (unpaired) electrons. The van der Waals surface area contributed by atoms with Crippen LogP contribution in [0.1, 0.15) is 19.5 Å². The Labute approximate surface area is 222 Å². The first-order valence-electron chi connectivity index (χ1n) is 11.9. The third kappa shape index (κ3) is 7.37. The van der Waals surface area contributed by atoms with Gasteiger partial charge in [-0.15, -0.1) is 0 Å². The second kappa shape index (κ2) is 12.3. The predicted molar refractivity (Wildman–Crippen MR) is 150 cm³/mol. The van der Waals surface area contributed by atoms with E-state index < -0.39 is 5.60 Å². The van der Waals surface area contributed by atoms with Crippen molar-refractivity contribution < 1.29 is 14.6 Å². The van der Waals surface area contributed by atoms with E-state index in [9.17, 15) is 9.90 Å². The van der Waals surface area contributed by atoms with E-state index in [1.807, 2.05) is 32.1 Å². The fraction of sp³-hybridized carbons (Fsp3) is 0.346. The molecule has 0 spiro atoms. The van der Waals surface area contributed by atoms with Crippen molar-refractivity contribution in [2.45, 2.75) is 19.4 Å². The first-order chi connectivity index (χ1) is 18.0. The number of ether oxygens (including phenoxy) is 1. The van der Waals surface area contributed by atoms with Crippen LogP contribution in [-0.2, 0) is 10.4 Å². The van der Waals surface area contributed by atoms with Crippen molar-refractivity contribution in [2.75, 3.05) is 62.2 Å². The number of aliphatic hydroxyl groups is 1. The number of amides is 1. The third-order valence-corrected chi connectivity index (χ3v) is 5.51. The number of methoxy groups -OCH3 is 1. The molecule has 0 aliphatic rings. The van der Waals surface area contributed by atoms with Gasteiger partial charge in [-0.25, -0.2) is 9.97 Å². The number of likely N-dealkylation sites (N-methyl/N-ethyl adjacent to an activating group) is 2. The Morgan fingerprint density at radius 2 is 1.76 bits per heavy atom. The Kier molecular flexibility index (Phi) is 9.16. The molecule has 0 atom stereocenters. The van der Waals surface area contributed by atoms with Crippen molar-refractivity contribution in [3.05, 3.63) is 55.1 Å². The number of carbonyl (C=O) groups is 1. The van der Waals surface area contributed by atoms with Gasteiger partial charge < -0.3 is 35.6 Å². The molecule has 0 saturated carbocycles. The Morgan fingerprint density at radius 3 is 2.37 bits per heavy atom. The van der Waals surface area contributed by atoms with Crippen molar-refractivity contribution in [3.8, 4) is 5.75 Å². The topological polar surface area (TPSA) is 141 Å². The highest BCUT2D eigenvalue weighted by atomic mass is 16.5. The second-order valence-corrected chi connectivity index (χ2v) is 9.33. The number of nitrogens with zero attached hydrogens (tertiary/aromatic N) is 6. The van der Waals surface area contributed by atoms with Crippen molar-refractivity contribution in [1.82, 2.24) is 24.8 Å². The molecule has 2 heterocycles. The van der Waals surface area contributed by atoms with E-state index >= 15 is 0 Å². The highest BCUT2D eigenvalue weighted by molar-refractivity contribution is 6.02. The highest BCUT2D eigenvalue weighted by Crippen LogP contribution is 2.38. The standard InChI is InChI=1S/C26H35N9O3/c1-8-22(36)30-18-14-19(21(38-7)15-20(18)35(6)13-12-34(4)5)32-25-29-16-28-24(33-25)31-17-10-9-11-27-23(17)26(2,3)37/h8-11,14-16,37H,1,12-13H2,2-7H3,(H,30,36)(H2,28,29,31,32,33). The molecule has 12 nitrogen and oxygen atoms in total. The van der Waals surface area contributed by atoms with Gasteiger partial charge in [-0.2, -0.15) is 4.98 Å². The first-order valence-corrected chi connectivity index (χ1v) is 11.9. The van der Waals surface area contributed by atoms with Gasteiger partial charge in [0, 0.05) is 32.4 Å². The van der Waals surface area contributed by atoms with Gasteiger partial charge in [-0.1, -0.05) is 6.58 Å². The van der Waals surface area contributed by atoms with Crippen LogP contribution in [0.3, 0.4) is 0 Å². The van der Waals surface area contributed by atoms with Crippen LogP contribution >= 0.6 is 0 Å². The summed E-state index contributed by atoms with van der Waals surface area (Å²) in [4.78, 5) is 33.4. The van der Waals surface area contributed by atoms with Crippen LogP contribution in [0.2, 0.25) is 0 Å². The van der Waals surface area contributed by atoms with E-state index in [0.717, 1.165) is 18.8 Å². The number of benzene rings is 1. The largest absolute Gasteiger partial charge is 0.494 e. The molecule has 2 aromatic heterocycles. The predicted octanol–water partition coefficient (Wildman–Crippen LogP) is 3.11. The van der Waals surface area contributed by atoms with Gasteiger partial charge in [0.2, 0.25) is 17.8 Å². The number of hydrogen-bond donors (Lipinski definition) is 4. The zero-order valence-corrected chi connectivity index (χ0v) is 22.6. The van der Waals surface area contributed by atoms with Crippen molar-refractivity contribution >= 4 is 40.6 Å². The summed E-state index contributed by atoms with van der Waals surface area (Å²) in [6.07, 6.45) is 4.18. The minimum absolute atomic E-state index is 0.240. The maximum Gasteiger partial charge on any atom is 0.247 e. The quantitative estimate of drug-likeness (QED) is 0.261. The van der Waals surface area contributed by atoms with Crippen LogP contribution in [-0.4, -0.2) is 77.2 Å². The van der Waals surface area contributed by atoms with Crippen LogP contribution in [0.15, 0.2) is 49.4 Å². The van der Waals surface area contributed by atoms with Crippen LogP contribution < -0.4 is 25.6 Å². The van der Waals surface area contributed by atoms with E-state index in [1.54, 1.807) is 45.4 Å². The molecule has 202 valence electrons. The van der Waals surface area contributed by atoms with Crippen LogP contribution in [0, 0.1) is 0 Å². The van der Waals surface area contributed by atoms with E-state index in [1.165, 1.54) is 12.4 Å². The van der Waals surface area contributed by atoms with Crippen LogP contribution in [0.5, 0.6) is 5.75 Å². The summed E-state index contributed by atoms with van der Waals surface area (Å²) in [5.74, 6) is 0.679. The lowest BCUT2D eigenvalue weighted by atomic mass is 10.0. The number of carbonyl (C=O) groups excluding carboxylic acids is 1. The summed E-state index contributed by atoms with van der Waals surface area (Å²) >= 11 is 0. The third-order valence-electron chi connectivity index (χ3n) is 5.51. The van der Waals surface area contributed by atoms with E-state index in [2.05, 4.69) is 47.4 Å². The van der Waals surface area contributed by atoms with Gasteiger partial charge in [-0.05, 0) is 52.2 Å². The van der Waals surface area contributed by atoms with Gasteiger partial charge in [0.25, 0.3) is 0 Å². The molecule has 0 aliphatic heterocycles. The molecule has 1 aromatic carbocycles. The maximum atomic E-state index is 12.2. The average Bonchev–Trinajstić information content (AvgIpc) is 2.87. The number of pyridine rings is 1. The zero-order valence-electron chi connectivity index (χ0n) is 22.6. The molecule has 0 fully saturated rings. The molecular formula is C26H35N9O3. The molecule has 38 heavy (non-hydrogen) atoms. The van der Waals surface area contributed by atoms with Gasteiger partial charge in [-0.3, -0.25) is 9.78 Å². The van der Waals surface area contributed by atoms with E-state index in [0.29, 0.717) is 28.5 Å². The van der Waals surface area contributed by atoms with Crippen molar-refractivity contribution in [1.29, 1.82) is 0 Å². The molecule has 4 N–H and O–H groups in total. The molecular weight excluding hydrogens is 486 g/mol. The van der Waals surface area contributed by atoms with Crippen molar-refractivity contribution in [2.24, 2.45) is 0 Å². The number of nitrogens with one attached hydrogen (secondary N) is 3. The molecule has 3 aromatic rings. The van der Waals surface area contributed by atoms with E-state index in [4.69, 9.17) is 4.74 Å². The SMILES string of the molecule is C=CC(=O)Nc1cc(Nc2ncnc(Nc3cccnc3C(C)(C)O)n2)c(OC)cc1N(C)CCN(C)C. The fourth-order valence-electron chi connectivity index (χ4n) is 3.56. The zero-order chi connectivity index (χ0) is 27.9. The van der Waals surface area contributed by atoms with Crippen LogP contribution in [0.4, 0.5) is 34.6 Å². The molecule has 0 saturated heterocycles. The fourth-order valence-corrected chi connectivity index (χ4v) is 3.56. The lowest BCUT2D eigenvalue weighted by Crippen LogP contribution is -2.29. The average molecular weight is 522 g/mol. The number of anilines is 6. The normalized spacial score (nSPS) is 11.2. The van der Waals surface area contributed by atoms with Crippen molar-refractivity contribution in [3.63, 3.8) is 0 Å². The second-order valence-electron chi connectivity index (χ2n) is 9.33.